The van der Waals surface area contributed by atoms with Crippen LogP contribution in [0.4, 0.5) is 17.3 Å². The summed E-state index contributed by atoms with van der Waals surface area (Å²) >= 11 is 0. The molecule has 2 heterocycles. The molecule has 3 rings (SSSR count). The van der Waals surface area contributed by atoms with E-state index in [1.165, 1.54) is 12.4 Å². The third kappa shape index (κ3) is 3.57. The molecule has 122 valence electrons. The van der Waals surface area contributed by atoms with E-state index in [0.29, 0.717) is 17.4 Å². The molecule has 0 aliphatic carbocycles. The summed E-state index contributed by atoms with van der Waals surface area (Å²) in [5, 5.41) is 9.59. The minimum atomic E-state index is -0.307. The summed E-state index contributed by atoms with van der Waals surface area (Å²) in [6.07, 6.45) is 2.88. The van der Waals surface area contributed by atoms with E-state index in [0.717, 1.165) is 16.8 Å². The monoisotopic (exact) mass is 323 g/mol. The number of anilines is 3. The fourth-order valence-electron chi connectivity index (χ4n) is 2.21. The minimum absolute atomic E-state index is 0.233. The van der Waals surface area contributed by atoms with Crippen molar-refractivity contribution >= 4 is 23.2 Å². The van der Waals surface area contributed by atoms with Gasteiger partial charge in [0.1, 0.15) is 17.3 Å². The highest BCUT2D eigenvalue weighted by molar-refractivity contribution is 6.03. The molecule has 3 aromatic rings. The molecule has 7 nitrogen and oxygen atoms in total. The quantitative estimate of drug-likeness (QED) is 0.764. The van der Waals surface area contributed by atoms with Crippen LogP contribution in [0.5, 0.6) is 0 Å². The van der Waals surface area contributed by atoms with E-state index in [-0.39, 0.29) is 11.6 Å². The molecule has 1 amide bonds. The maximum absolute atomic E-state index is 12.3. The minimum Gasteiger partial charge on any atom is -0.360 e. The van der Waals surface area contributed by atoms with Gasteiger partial charge in [0.05, 0.1) is 12.4 Å². The van der Waals surface area contributed by atoms with Gasteiger partial charge in [-0.25, -0.2) is 9.97 Å². The maximum Gasteiger partial charge on any atom is 0.275 e. The Morgan fingerprint density at radius 2 is 1.88 bits per heavy atom. The van der Waals surface area contributed by atoms with Crippen LogP contribution >= 0.6 is 0 Å². The van der Waals surface area contributed by atoms with E-state index in [1.54, 1.807) is 13.0 Å². The van der Waals surface area contributed by atoms with Crippen LogP contribution < -0.4 is 10.6 Å². The smallest absolute Gasteiger partial charge is 0.275 e. The van der Waals surface area contributed by atoms with E-state index in [2.05, 4.69) is 25.8 Å². The first-order valence-corrected chi connectivity index (χ1v) is 7.42. The number of nitrogens with one attached hydrogen (secondary N) is 2. The van der Waals surface area contributed by atoms with Crippen LogP contribution in [0.1, 0.15) is 27.4 Å². The van der Waals surface area contributed by atoms with Crippen molar-refractivity contribution in [2.24, 2.45) is 0 Å². The summed E-state index contributed by atoms with van der Waals surface area (Å²) in [6.45, 7) is 5.75. The Hall–Kier alpha value is -3.22. The van der Waals surface area contributed by atoms with Crippen LogP contribution in [0.2, 0.25) is 0 Å². The number of rotatable bonds is 4. The topological polar surface area (TPSA) is 92.9 Å². The molecule has 7 heteroatoms. The lowest BCUT2D eigenvalue weighted by atomic mass is 10.1. The number of nitrogens with zero attached hydrogens (tertiary/aromatic N) is 3. The van der Waals surface area contributed by atoms with Gasteiger partial charge >= 0.3 is 0 Å². The van der Waals surface area contributed by atoms with Crippen LogP contribution in [-0.2, 0) is 0 Å². The van der Waals surface area contributed by atoms with Crippen molar-refractivity contribution in [2.75, 3.05) is 10.6 Å². The van der Waals surface area contributed by atoms with E-state index in [9.17, 15) is 4.79 Å². The van der Waals surface area contributed by atoms with Crippen LogP contribution in [0, 0.1) is 20.8 Å². The highest BCUT2D eigenvalue weighted by Crippen LogP contribution is 2.17. The highest BCUT2D eigenvalue weighted by Gasteiger charge is 2.10. The highest BCUT2D eigenvalue weighted by atomic mass is 16.5. The lowest BCUT2D eigenvalue weighted by molar-refractivity contribution is 0.102. The van der Waals surface area contributed by atoms with Crippen molar-refractivity contribution in [2.45, 2.75) is 20.8 Å². The predicted octanol–water partition coefficient (Wildman–Crippen LogP) is 3.39. The van der Waals surface area contributed by atoms with Gasteiger partial charge < -0.3 is 15.2 Å². The molecule has 0 atom stereocenters. The molecular weight excluding hydrogens is 306 g/mol. The number of hydrogen-bond donors (Lipinski definition) is 2. The Morgan fingerprint density at radius 3 is 2.50 bits per heavy atom. The Bertz CT molecular complexity index is 871. The Kier molecular flexibility index (Phi) is 4.24. The van der Waals surface area contributed by atoms with Crippen molar-refractivity contribution in [3.8, 4) is 0 Å². The second-order valence-corrected chi connectivity index (χ2v) is 5.51. The SMILES string of the molecule is Cc1ccc(NC(=O)c2cnc(Nc3cc(C)on3)cn2)c(C)c1. The average Bonchev–Trinajstić information content (AvgIpc) is 2.96. The van der Waals surface area contributed by atoms with Gasteiger partial charge in [0, 0.05) is 11.8 Å². The van der Waals surface area contributed by atoms with Crippen molar-refractivity contribution < 1.29 is 9.32 Å². The summed E-state index contributed by atoms with van der Waals surface area (Å²) in [6, 6.07) is 7.57. The van der Waals surface area contributed by atoms with Gasteiger partial charge in [0.15, 0.2) is 5.82 Å². The summed E-state index contributed by atoms with van der Waals surface area (Å²) in [4.78, 5) is 20.6. The van der Waals surface area contributed by atoms with E-state index in [4.69, 9.17) is 4.52 Å². The standard InChI is InChI=1S/C17H17N5O2/c1-10-4-5-13(11(2)6-10)20-17(23)14-8-19-16(9-18-14)21-15-7-12(3)24-22-15/h4-9H,1-3H3,(H,20,23)(H,19,21,22). The van der Waals surface area contributed by atoms with Gasteiger partial charge in [0.25, 0.3) is 5.91 Å². The first-order chi connectivity index (χ1) is 11.5. The maximum atomic E-state index is 12.3. The fourth-order valence-corrected chi connectivity index (χ4v) is 2.21. The van der Waals surface area contributed by atoms with E-state index in [1.807, 2.05) is 32.0 Å². The molecule has 0 bridgehead atoms. The second-order valence-electron chi connectivity index (χ2n) is 5.51. The Morgan fingerprint density at radius 1 is 1.04 bits per heavy atom. The molecule has 0 unspecified atom stereocenters. The molecule has 1 aromatic carbocycles. The molecule has 0 fully saturated rings. The molecule has 0 aliphatic heterocycles. The van der Waals surface area contributed by atoms with Gasteiger partial charge in [-0.05, 0) is 32.4 Å². The number of benzene rings is 1. The van der Waals surface area contributed by atoms with Gasteiger partial charge in [-0.2, -0.15) is 0 Å². The van der Waals surface area contributed by atoms with Crippen LogP contribution in [0.25, 0.3) is 0 Å². The molecule has 0 saturated heterocycles. The Balaban J connectivity index is 1.69. The van der Waals surface area contributed by atoms with E-state index < -0.39 is 0 Å². The summed E-state index contributed by atoms with van der Waals surface area (Å²) < 4.78 is 4.96. The normalized spacial score (nSPS) is 10.5. The third-order valence-electron chi connectivity index (χ3n) is 3.40. The van der Waals surface area contributed by atoms with Gasteiger partial charge in [-0.1, -0.05) is 22.9 Å². The van der Waals surface area contributed by atoms with Crippen LogP contribution in [0.3, 0.4) is 0 Å². The zero-order valence-electron chi connectivity index (χ0n) is 13.6. The Labute approximate surface area is 139 Å². The number of carbonyl (C=O) groups excluding carboxylic acids is 1. The van der Waals surface area contributed by atoms with Gasteiger partial charge in [-0.3, -0.25) is 4.79 Å². The largest absolute Gasteiger partial charge is 0.360 e. The zero-order chi connectivity index (χ0) is 17.1. The molecule has 0 radical (unpaired) electrons. The van der Waals surface area contributed by atoms with Crippen LogP contribution in [0.15, 0.2) is 41.2 Å². The molecule has 2 N–H and O–H groups in total. The lowest BCUT2D eigenvalue weighted by Gasteiger charge is -2.09. The van der Waals surface area contributed by atoms with Crippen molar-refractivity contribution in [1.82, 2.24) is 15.1 Å². The molecule has 0 aliphatic rings. The number of aromatic nitrogens is 3. The number of aryl methyl sites for hydroxylation is 3. The summed E-state index contributed by atoms with van der Waals surface area (Å²) in [5.41, 5.74) is 3.13. The van der Waals surface area contributed by atoms with Crippen molar-refractivity contribution in [3.63, 3.8) is 0 Å². The van der Waals surface area contributed by atoms with E-state index >= 15 is 0 Å². The average molecular weight is 323 g/mol. The van der Waals surface area contributed by atoms with Gasteiger partial charge in [-0.15, -0.1) is 0 Å². The molecule has 24 heavy (non-hydrogen) atoms. The fraction of sp³-hybridized carbons (Fsp3) is 0.176. The molecular formula is C17H17N5O2. The molecule has 2 aromatic heterocycles. The number of hydrogen-bond acceptors (Lipinski definition) is 6. The number of amides is 1. The number of carbonyl (C=O) groups is 1. The second kappa shape index (κ2) is 6.49. The third-order valence-corrected chi connectivity index (χ3v) is 3.40. The summed E-state index contributed by atoms with van der Waals surface area (Å²) in [5.74, 6) is 1.40. The van der Waals surface area contributed by atoms with Crippen molar-refractivity contribution in [3.05, 3.63) is 59.2 Å². The first kappa shape index (κ1) is 15.7. The summed E-state index contributed by atoms with van der Waals surface area (Å²) in [7, 11) is 0. The molecule has 0 saturated carbocycles. The van der Waals surface area contributed by atoms with Crippen molar-refractivity contribution in [1.29, 1.82) is 0 Å². The molecule has 0 spiro atoms. The van der Waals surface area contributed by atoms with Gasteiger partial charge in [0.2, 0.25) is 0 Å². The van der Waals surface area contributed by atoms with Crippen LogP contribution in [-0.4, -0.2) is 21.0 Å². The lowest BCUT2D eigenvalue weighted by Crippen LogP contribution is -2.15. The first-order valence-electron chi connectivity index (χ1n) is 7.42. The predicted molar refractivity (Wildman–Crippen MR) is 90.4 cm³/mol. The zero-order valence-corrected chi connectivity index (χ0v) is 13.6.